The van der Waals surface area contributed by atoms with Gasteiger partial charge in [-0.1, -0.05) is 0 Å². The van der Waals surface area contributed by atoms with Gasteiger partial charge in [0.2, 0.25) is 5.92 Å². The summed E-state index contributed by atoms with van der Waals surface area (Å²) in [4.78, 5) is 31.6. The third kappa shape index (κ3) is 4.89. The fourth-order valence-corrected chi connectivity index (χ4v) is 5.00. The molecule has 3 aromatic rings. The molecule has 0 radical (unpaired) electrons. The van der Waals surface area contributed by atoms with Gasteiger partial charge in [-0.3, -0.25) is 9.48 Å². The van der Waals surface area contributed by atoms with Crippen LogP contribution in [0.5, 0.6) is 0 Å². The SMILES string of the molecule is CC(C)n1nccc1C(=O)NC(c1cn2ncc(CN3CCNC3=O)cc2n1)C1CCC(F)(F)CC1. The van der Waals surface area contributed by atoms with E-state index in [1.54, 1.807) is 38.8 Å². The van der Waals surface area contributed by atoms with Crippen molar-refractivity contribution in [2.45, 2.75) is 64.1 Å². The first kappa shape index (κ1) is 24.1. The maximum atomic E-state index is 13.9. The molecular weight excluding hydrogens is 470 g/mol. The van der Waals surface area contributed by atoms with Gasteiger partial charge >= 0.3 is 6.03 Å². The summed E-state index contributed by atoms with van der Waals surface area (Å²) in [6.07, 6.45) is 5.10. The summed E-state index contributed by atoms with van der Waals surface area (Å²) in [6, 6.07) is 2.81. The fraction of sp³-hybridized carbons (Fsp3) is 0.542. The molecule has 3 amide bonds. The van der Waals surface area contributed by atoms with Crippen LogP contribution in [-0.2, 0) is 6.54 Å². The van der Waals surface area contributed by atoms with Gasteiger partial charge in [0.15, 0.2) is 5.65 Å². The Kier molecular flexibility index (Phi) is 6.35. The molecule has 5 rings (SSSR count). The van der Waals surface area contributed by atoms with Gasteiger partial charge in [0.05, 0.1) is 24.1 Å². The summed E-state index contributed by atoms with van der Waals surface area (Å²) < 4.78 is 31.1. The Balaban J connectivity index is 1.43. The Morgan fingerprint density at radius 1 is 1.28 bits per heavy atom. The highest BCUT2D eigenvalue weighted by Crippen LogP contribution is 2.41. The molecule has 2 N–H and O–H groups in total. The first-order valence-corrected chi connectivity index (χ1v) is 12.3. The van der Waals surface area contributed by atoms with Crippen LogP contribution in [0, 0.1) is 5.92 Å². The van der Waals surface area contributed by atoms with Gasteiger partial charge < -0.3 is 15.5 Å². The maximum Gasteiger partial charge on any atom is 0.317 e. The molecule has 10 nitrogen and oxygen atoms in total. The number of fused-ring (bicyclic) bond motifs is 1. The standard InChI is InChI=1S/C24H30F2N8O2/c1-15(2)34-19(5-8-28-34)22(35)31-21(17-3-6-24(25,26)7-4-17)18-14-33-20(30-18)11-16(12-29-33)13-32-10-9-27-23(32)36/h5,8,11-12,14-15,17,21H,3-4,6-7,9-10,13H2,1-2H3,(H,27,36)(H,31,35). The highest BCUT2D eigenvalue weighted by atomic mass is 19.3. The second kappa shape index (κ2) is 9.47. The van der Waals surface area contributed by atoms with Crippen molar-refractivity contribution in [3.8, 4) is 0 Å². The molecule has 3 aromatic heterocycles. The largest absolute Gasteiger partial charge is 0.342 e. The molecule has 1 aliphatic carbocycles. The Hall–Kier alpha value is -3.57. The molecule has 0 aromatic carbocycles. The normalized spacial score (nSPS) is 19.1. The Bertz CT molecular complexity index is 1260. The highest BCUT2D eigenvalue weighted by Gasteiger charge is 2.39. The van der Waals surface area contributed by atoms with Gasteiger partial charge in [-0.2, -0.15) is 10.2 Å². The van der Waals surface area contributed by atoms with Crippen LogP contribution < -0.4 is 10.6 Å². The lowest BCUT2D eigenvalue weighted by molar-refractivity contribution is -0.0495. The number of imidazole rings is 1. The van der Waals surface area contributed by atoms with E-state index in [0.717, 1.165) is 5.56 Å². The number of urea groups is 1. The van der Waals surface area contributed by atoms with Crippen LogP contribution in [0.3, 0.4) is 0 Å². The molecule has 12 heteroatoms. The quantitative estimate of drug-likeness (QED) is 0.517. The predicted octanol–water partition coefficient (Wildman–Crippen LogP) is 3.33. The predicted molar refractivity (Wildman–Crippen MR) is 127 cm³/mol. The van der Waals surface area contributed by atoms with Crippen molar-refractivity contribution in [1.82, 2.24) is 39.9 Å². The minimum Gasteiger partial charge on any atom is -0.342 e. The number of aromatic nitrogens is 5. The lowest BCUT2D eigenvalue weighted by Gasteiger charge is -2.33. The van der Waals surface area contributed by atoms with Crippen LogP contribution in [0.25, 0.3) is 5.65 Å². The Morgan fingerprint density at radius 2 is 2.06 bits per heavy atom. The third-order valence-electron chi connectivity index (χ3n) is 6.94. The number of nitrogens with zero attached hydrogens (tertiary/aromatic N) is 6. The second-order valence-electron chi connectivity index (χ2n) is 9.89. The molecule has 0 bridgehead atoms. The number of carbonyl (C=O) groups excluding carboxylic acids is 2. The molecule has 1 atom stereocenters. The molecule has 1 saturated carbocycles. The van der Waals surface area contributed by atoms with Gasteiger partial charge in [0.1, 0.15) is 5.69 Å². The molecule has 2 fully saturated rings. The van der Waals surface area contributed by atoms with E-state index in [4.69, 9.17) is 4.98 Å². The van der Waals surface area contributed by atoms with Crippen LogP contribution in [0.4, 0.5) is 13.6 Å². The third-order valence-corrected chi connectivity index (χ3v) is 6.94. The Morgan fingerprint density at radius 3 is 2.75 bits per heavy atom. The number of hydrogen-bond donors (Lipinski definition) is 2. The van der Waals surface area contributed by atoms with Crippen molar-refractivity contribution in [2.24, 2.45) is 5.92 Å². The van der Waals surface area contributed by atoms with Gasteiger partial charge in [0.25, 0.3) is 5.91 Å². The number of rotatable bonds is 7. The number of alkyl halides is 2. The summed E-state index contributed by atoms with van der Waals surface area (Å²) in [5.41, 5.74) is 2.37. The minimum atomic E-state index is -2.68. The molecule has 36 heavy (non-hydrogen) atoms. The van der Waals surface area contributed by atoms with E-state index in [0.29, 0.717) is 36.7 Å². The van der Waals surface area contributed by atoms with Crippen molar-refractivity contribution in [2.75, 3.05) is 13.1 Å². The molecule has 2 aliphatic rings. The summed E-state index contributed by atoms with van der Waals surface area (Å²) in [7, 11) is 0. The molecular formula is C24H30F2N8O2. The van der Waals surface area contributed by atoms with E-state index < -0.39 is 12.0 Å². The minimum absolute atomic E-state index is 0.0110. The van der Waals surface area contributed by atoms with Crippen molar-refractivity contribution >= 4 is 17.6 Å². The summed E-state index contributed by atoms with van der Waals surface area (Å²) in [6.45, 7) is 5.51. The highest BCUT2D eigenvalue weighted by molar-refractivity contribution is 5.92. The van der Waals surface area contributed by atoms with Gasteiger partial charge in [0, 0.05) is 44.7 Å². The van der Waals surface area contributed by atoms with E-state index in [-0.39, 0.29) is 49.6 Å². The topological polar surface area (TPSA) is 109 Å². The van der Waals surface area contributed by atoms with E-state index in [1.165, 1.54) is 0 Å². The Labute approximate surface area is 207 Å². The molecule has 192 valence electrons. The van der Waals surface area contributed by atoms with Crippen LogP contribution in [0.1, 0.15) is 73.4 Å². The zero-order chi connectivity index (χ0) is 25.4. The first-order chi connectivity index (χ1) is 17.2. The van der Waals surface area contributed by atoms with E-state index in [1.807, 2.05) is 19.9 Å². The number of carbonyl (C=O) groups is 2. The summed E-state index contributed by atoms with van der Waals surface area (Å²) in [5.74, 6) is -3.20. The van der Waals surface area contributed by atoms with Crippen molar-refractivity contribution in [1.29, 1.82) is 0 Å². The van der Waals surface area contributed by atoms with Crippen LogP contribution >= 0.6 is 0 Å². The number of hydrogen-bond acceptors (Lipinski definition) is 5. The van der Waals surface area contributed by atoms with Crippen LogP contribution in [0.2, 0.25) is 0 Å². The van der Waals surface area contributed by atoms with E-state index in [9.17, 15) is 18.4 Å². The van der Waals surface area contributed by atoms with Gasteiger partial charge in [-0.15, -0.1) is 0 Å². The second-order valence-corrected chi connectivity index (χ2v) is 9.89. The van der Waals surface area contributed by atoms with Crippen molar-refractivity contribution < 1.29 is 18.4 Å². The fourth-order valence-electron chi connectivity index (χ4n) is 5.00. The zero-order valence-electron chi connectivity index (χ0n) is 20.3. The molecule has 4 heterocycles. The average molecular weight is 501 g/mol. The van der Waals surface area contributed by atoms with Crippen LogP contribution in [0.15, 0.2) is 30.7 Å². The van der Waals surface area contributed by atoms with Gasteiger partial charge in [-0.25, -0.2) is 23.1 Å². The maximum absolute atomic E-state index is 13.9. The monoisotopic (exact) mass is 500 g/mol. The lowest BCUT2D eigenvalue weighted by Crippen LogP contribution is -2.38. The van der Waals surface area contributed by atoms with Crippen LogP contribution in [-0.4, -0.2) is 60.2 Å². The number of halogens is 2. The van der Waals surface area contributed by atoms with Gasteiger partial charge in [-0.05, 0) is 50.3 Å². The number of amides is 3. The number of nitrogens with one attached hydrogen (secondary N) is 2. The first-order valence-electron chi connectivity index (χ1n) is 12.3. The van der Waals surface area contributed by atoms with E-state index >= 15 is 0 Å². The molecule has 1 unspecified atom stereocenters. The average Bonchev–Trinajstić information content (AvgIpc) is 3.57. The smallest absolute Gasteiger partial charge is 0.317 e. The molecule has 0 spiro atoms. The molecule has 1 aliphatic heterocycles. The molecule has 1 saturated heterocycles. The van der Waals surface area contributed by atoms with E-state index in [2.05, 4.69) is 20.8 Å². The lowest BCUT2D eigenvalue weighted by atomic mass is 9.81. The zero-order valence-corrected chi connectivity index (χ0v) is 20.3. The summed E-state index contributed by atoms with van der Waals surface area (Å²) in [5, 5.41) is 14.5. The summed E-state index contributed by atoms with van der Waals surface area (Å²) >= 11 is 0. The van der Waals surface area contributed by atoms with Crippen molar-refractivity contribution in [3.05, 3.63) is 47.7 Å². The van der Waals surface area contributed by atoms with Crippen molar-refractivity contribution in [3.63, 3.8) is 0 Å².